The van der Waals surface area contributed by atoms with Crippen molar-refractivity contribution in [2.45, 2.75) is 44.1 Å². The van der Waals surface area contributed by atoms with Crippen LogP contribution in [0.15, 0.2) is 48.5 Å². The number of amides is 2. The molecule has 2 aliphatic rings. The van der Waals surface area contributed by atoms with Crippen molar-refractivity contribution < 1.29 is 9.59 Å². The summed E-state index contributed by atoms with van der Waals surface area (Å²) < 4.78 is 0. The number of hydrogen-bond acceptors (Lipinski definition) is 3. The maximum Gasteiger partial charge on any atom is 0.244 e. The van der Waals surface area contributed by atoms with Crippen LogP contribution in [0.3, 0.4) is 0 Å². The van der Waals surface area contributed by atoms with E-state index in [1.807, 2.05) is 47.4 Å². The maximum absolute atomic E-state index is 12.7. The van der Waals surface area contributed by atoms with Crippen LogP contribution in [-0.4, -0.2) is 23.9 Å². The van der Waals surface area contributed by atoms with Crippen molar-refractivity contribution in [2.75, 3.05) is 16.8 Å². The molecule has 1 aliphatic heterocycles. The van der Waals surface area contributed by atoms with E-state index in [9.17, 15) is 9.59 Å². The molecule has 5 heteroatoms. The van der Waals surface area contributed by atoms with Gasteiger partial charge in [0.15, 0.2) is 0 Å². The monoisotopic (exact) mass is 363 g/mol. The normalized spacial score (nSPS) is 17.6. The van der Waals surface area contributed by atoms with E-state index in [0.717, 1.165) is 55.6 Å². The topological polar surface area (TPSA) is 75.4 Å². The van der Waals surface area contributed by atoms with E-state index in [1.165, 1.54) is 5.56 Å². The van der Waals surface area contributed by atoms with Gasteiger partial charge in [0, 0.05) is 17.9 Å². The van der Waals surface area contributed by atoms with Crippen molar-refractivity contribution in [1.29, 1.82) is 0 Å². The molecular formula is C22H25N3O2. The summed E-state index contributed by atoms with van der Waals surface area (Å²) in [5.74, 6) is -0.0129. The molecule has 27 heavy (non-hydrogen) atoms. The first kappa shape index (κ1) is 17.7. The fraction of sp³-hybridized carbons (Fsp3) is 0.364. The van der Waals surface area contributed by atoms with Gasteiger partial charge in [-0.1, -0.05) is 43.2 Å². The summed E-state index contributed by atoms with van der Waals surface area (Å²) in [6, 6.07) is 15.5. The van der Waals surface area contributed by atoms with Crippen LogP contribution >= 0.6 is 0 Å². The highest BCUT2D eigenvalue weighted by Crippen LogP contribution is 2.29. The Balaban J connectivity index is 1.38. The van der Waals surface area contributed by atoms with Gasteiger partial charge in [0.2, 0.25) is 11.8 Å². The molecule has 1 fully saturated rings. The van der Waals surface area contributed by atoms with Crippen LogP contribution in [0.1, 0.15) is 36.8 Å². The number of hydrogen-bond donors (Lipinski definition) is 2. The molecule has 0 aromatic heterocycles. The van der Waals surface area contributed by atoms with Crippen LogP contribution < -0.4 is 16.0 Å². The van der Waals surface area contributed by atoms with Gasteiger partial charge in [-0.05, 0) is 48.6 Å². The highest BCUT2D eigenvalue weighted by atomic mass is 16.2. The summed E-state index contributed by atoms with van der Waals surface area (Å²) in [6.07, 6.45) is 4.75. The minimum absolute atomic E-state index is 0.101. The lowest BCUT2D eigenvalue weighted by molar-refractivity contribution is -0.121. The molecule has 1 aliphatic carbocycles. The molecule has 2 aromatic carbocycles. The summed E-state index contributed by atoms with van der Waals surface area (Å²) in [6.45, 7) is 0.741. The van der Waals surface area contributed by atoms with E-state index in [2.05, 4.69) is 11.4 Å². The number of nitrogens with zero attached hydrogens (tertiary/aromatic N) is 1. The van der Waals surface area contributed by atoms with Crippen LogP contribution in [0.4, 0.5) is 11.4 Å². The van der Waals surface area contributed by atoms with Crippen molar-refractivity contribution in [3.63, 3.8) is 0 Å². The smallest absolute Gasteiger partial charge is 0.244 e. The molecule has 0 bridgehead atoms. The second-order valence-corrected chi connectivity index (χ2v) is 7.62. The van der Waals surface area contributed by atoms with Crippen molar-refractivity contribution >= 4 is 23.2 Å². The predicted octanol–water partition coefficient (Wildman–Crippen LogP) is 3.03. The Bertz CT molecular complexity index is 854. The van der Waals surface area contributed by atoms with E-state index in [0.29, 0.717) is 6.42 Å². The van der Waals surface area contributed by atoms with Gasteiger partial charge in [0.1, 0.15) is 0 Å². The Kier molecular flexibility index (Phi) is 4.70. The van der Waals surface area contributed by atoms with Crippen molar-refractivity contribution in [3.05, 3.63) is 59.7 Å². The van der Waals surface area contributed by atoms with Gasteiger partial charge in [-0.2, -0.15) is 0 Å². The molecule has 140 valence electrons. The Hall–Kier alpha value is -2.66. The quantitative estimate of drug-likeness (QED) is 0.877. The third-order valence-electron chi connectivity index (χ3n) is 5.70. The number of carbonyl (C=O) groups excluding carboxylic acids is 2. The highest BCUT2D eigenvalue weighted by Gasteiger charge is 2.36. The molecule has 0 unspecified atom stereocenters. The zero-order valence-corrected chi connectivity index (χ0v) is 15.4. The first-order chi connectivity index (χ1) is 13.0. The van der Waals surface area contributed by atoms with Crippen LogP contribution in [0.25, 0.3) is 0 Å². The first-order valence-electron chi connectivity index (χ1n) is 9.63. The number of fused-ring (bicyclic) bond motifs is 1. The molecule has 4 rings (SSSR count). The first-order valence-corrected chi connectivity index (χ1v) is 9.63. The Labute approximate surface area is 159 Å². The van der Waals surface area contributed by atoms with Gasteiger partial charge >= 0.3 is 0 Å². The van der Waals surface area contributed by atoms with E-state index in [1.54, 1.807) is 0 Å². The second kappa shape index (κ2) is 7.16. The number of benzene rings is 2. The van der Waals surface area contributed by atoms with Gasteiger partial charge in [0.25, 0.3) is 0 Å². The van der Waals surface area contributed by atoms with Crippen LogP contribution in [0.5, 0.6) is 0 Å². The van der Waals surface area contributed by atoms with Crippen LogP contribution in [-0.2, 0) is 22.4 Å². The third-order valence-corrected chi connectivity index (χ3v) is 5.70. The molecule has 2 aromatic rings. The molecule has 0 atom stereocenters. The van der Waals surface area contributed by atoms with E-state index < -0.39 is 5.54 Å². The van der Waals surface area contributed by atoms with E-state index >= 15 is 0 Å². The molecule has 0 saturated heterocycles. The van der Waals surface area contributed by atoms with Crippen LogP contribution in [0.2, 0.25) is 0 Å². The molecule has 5 nitrogen and oxygen atoms in total. The lowest BCUT2D eigenvalue weighted by atomic mass is 9.98. The van der Waals surface area contributed by atoms with Gasteiger partial charge < -0.3 is 16.0 Å². The van der Waals surface area contributed by atoms with Crippen molar-refractivity contribution in [2.24, 2.45) is 5.73 Å². The summed E-state index contributed by atoms with van der Waals surface area (Å²) in [5, 5.41) is 2.91. The number of nitrogens with one attached hydrogen (secondary N) is 1. The second-order valence-electron chi connectivity index (χ2n) is 7.62. The summed E-state index contributed by atoms with van der Waals surface area (Å²) in [7, 11) is 0. The van der Waals surface area contributed by atoms with E-state index in [4.69, 9.17) is 5.73 Å². The molecule has 1 heterocycles. The van der Waals surface area contributed by atoms with Crippen LogP contribution in [0, 0.1) is 0 Å². The van der Waals surface area contributed by atoms with Crippen molar-refractivity contribution in [3.8, 4) is 0 Å². The lowest BCUT2D eigenvalue weighted by Gasteiger charge is -2.22. The molecule has 3 N–H and O–H groups in total. The molecule has 0 spiro atoms. The minimum Gasteiger partial charge on any atom is -0.324 e. The molecular weight excluding hydrogens is 338 g/mol. The highest BCUT2D eigenvalue weighted by molar-refractivity contribution is 5.98. The SMILES string of the molecule is NC1(C(=O)Nc2ccc(CC(=O)N3CCc4ccccc43)cc2)CCCC1. The maximum atomic E-state index is 12.7. The average Bonchev–Trinajstić information content (AvgIpc) is 3.30. The fourth-order valence-electron chi connectivity index (χ4n) is 4.06. The number of nitrogens with two attached hydrogens (primary N) is 1. The Morgan fingerprint density at radius 3 is 2.48 bits per heavy atom. The van der Waals surface area contributed by atoms with Gasteiger partial charge in [-0.3, -0.25) is 9.59 Å². The number of rotatable bonds is 4. The third kappa shape index (κ3) is 3.60. The fourth-order valence-corrected chi connectivity index (χ4v) is 4.06. The average molecular weight is 363 g/mol. The molecule has 0 radical (unpaired) electrons. The standard InChI is InChI=1S/C22H25N3O2/c23-22(12-3-4-13-22)21(27)24-18-9-7-16(8-10-18)15-20(26)25-14-11-17-5-1-2-6-19(17)25/h1-2,5-10H,3-4,11-15,23H2,(H,24,27). The number of anilines is 2. The molecule has 1 saturated carbocycles. The zero-order chi connectivity index (χ0) is 18.9. The summed E-state index contributed by atoms with van der Waals surface area (Å²) in [4.78, 5) is 27.0. The number of para-hydroxylation sites is 1. The van der Waals surface area contributed by atoms with E-state index in [-0.39, 0.29) is 11.8 Å². The number of carbonyl (C=O) groups is 2. The predicted molar refractivity (Wildman–Crippen MR) is 107 cm³/mol. The van der Waals surface area contributed by atoms with Gasteiger partial charge in [0.05, 0.1) is 12.0 Å². The lowest BCUT2D eigenvalue weighted by Crippen LogP contribution is -2.48. The minimum atomic E-state index is -0.738. The van der Waals surface area contributed by atoms with Gasteiger partial charge in [-0.25, -0.2) is 0 Å². The summed E-state index contributed by atoms with van der Waals surface area (Å²) >= 11 is 0. The van der Waals surface area contributed by atoms with Crippen molar-refractivity contribution in [1.82, 2.24) is 0 Å². The molecule has 2 amide bonds. The zero-order valence-electron chi connectivity index (χ0n) is 15.4. The largest absolute Gasteiger partial charge is 0.324 e. The Morgan fingerprint density at radius 1 is 1.04 bits per heavy atom. The summed E-state index contributed by atoms with van der Waals surface area (Å²) in [5.41, 5.74) is 9.36. The Morgan fingerprint density at radius 2 is 1.74 bits per heavy atom. The van der Waals surface area contributed by atoms with Gasteiger partial charge in [-0.15, -0.1) is 0 Å².